The maximum Gasteiger partial charge on any atom is 0.222 e. The second-order valence-corrected chi connectivity index (χ2v) is 10.6. The normalized spacial score (nSPS) is 28.0. The number of primary amides is 1. The molecule has 144 valence electrons. The zero-order valence-corrected chi connectivity index (χ0v) is 16.6. The van der Waals surface area contributed by atoms with Gasteiger partial charge in [0.05, 0.1) is 17.4 Å². The van der Waals surface area contributed by atoms with Crippen LogP contribution in [-0.4, -0.2) is 51.5 Å². The van der Waals surface area contributed by atoms with Crippen molar-refractivity contribution in [1.82, 2.24) is 0 Å². The molecule has 0 aliphatic carbocycles. The number of hydrogen-bond acceptors (Lipinski definition) is 5. The molecular formula is C19H29N3O3S. The monoisotopic (exact) mass is 379 g/mol. The maximum atomic E-state index is 11.8. The van der Waals surface area contributed by atoms with Crippen molar-refractivity contribution in [2.24, 2.45) is 17.1 Å². The number of rotatable bonds is 3. The number of carbonyl (C=O) groups is 1. The van der Waals surface area contributed by atoms with Gasteiger partial charge in [0.1, 0.15) is 0 Å². The number of sulfone groups is 1. The summed E-state index contributed by atoms with van der Waals surface area (Å²) < 4.78 is 23.2. The topological polar surface area (TPSA) is 83.7 Å². The van der Waals surface area contributed by atoms with Crippen LogP contribution in [0.3, 0.4) is 0 Å². The van der Waals surface area contributed by atoms with Crippen LogP contribution in [0.1, 0.15) is 27.2 Å². The molecule has 0 unspecified atom stereocenters. The van der Waals surface area contributed by atoms with Crippen LogP contribution in [0.4, 0.5) is 11.4 Å². The molecule has 1 aromatic carbocycles. The fourth-order valence-electron chi connectivity index (χ4n) is 4.03. The van der Waals surface area contributed by atoms with Gasteiger partial charge in [-0.1, -0.05) is 13.8 Å². The molecular weight excluding hydrogens is 350 g/mol. The Morgan fingerprint density at radius 2 is 1.65 bits per heavy atom. The zero-order chi connectivity index (χ0) is 19.1. The van der Waals surface area contributed by atoms with E-state index in [2.05, 4.69) is 42.7 Å². The summed E-state index contributed by atoms with van der Waals surface area (Å²) in [5.74, 6) is 0.0491. The Bertz CT molecular complexity index is 760. The Hall–Kier alpha value is -1.76. The first-order valence-electron chi connectivity index (χ1n) is 9.20. The molecule has 26 heavy (non-hydrogen) atoms. The molecule has 2 saturated heterocycles. The minimum atomic E-state index is -2.88. The highest BCUT2D eigenvalue weighted by molar-refractivity contribution is 7.91. The quantitative estimate of drug-likeness (QED) is 0.863. The van der Waals surface area contributed by atoms with Crippen LogP contribution in [-0.2, 0) is 14.6 Å². The van der Waals surface area contributed by atoms with Gasteiger partial charge >= 0.3 is 0 Å². The number of benzene rings is 1. The van der Waals surface area contributed by atoms with E-state index in [-0.39, 0.29) is 28.7 Å². The van der Waals surface area contributed by atoms with E-state index >= 15 is 0 Å². The van der Waals surface area contributed by atoms with Gasteiger partial charge in [0, 0.05) is 37.1 Å². The summed E-state index contributed by atoms with van der Waals surface area (Å²) >= 11 is 0. The SMILES string of the molecule is C[C@@H]1N(c2ccc(N3CCS(=O)(=O)CC3)cc2)C[C@H](C(N)=O)CC1(C)C. The molecule has 2 fully saturated rings. The number of nitrogens with zero attached hydrogens (tertiary/aromatic N) is 2. The lowest BCUT2D eigenvalue weighted by Gasteiger charge is -2.48. The third-order valence-electron chi connectivity index (χ3n) is 6.08. The maximum absolute atomic E-state index is 11.8. The van der Waals surface area contributed by atoms with E-state index in [0.29, 0.717) is 25.7 Å². The lowest BCUT2D eigenvalue weighted by Crippen LogP contribution is -2.54. The molecule has 2 atom stereocenters. The molecule has 0 bridgehead atoms. The molecule has 1 amide bonds. The van der Waals surface area contributed by atoms with E-state index in [1.54, 1.807) is 0 Å². The smallest absolute Gasteiger partial charge is 0.222 e. The molecule has 6 nitrogen and oxygen atoms in total. The van der Waals surface area contributed by atoms with Crippen molar-refractivity contribution < 1.29 is 13.2 Å². The summed E-state index contributed by atoms with van der Waals surface area (Å²) in [6.07, 6.45) is 0.806. The summed E-state index contributed by atoms with van der Waals surface area (Å²) in [6.45, 7) is 8.28. The molecule has 2 aliphatic rings. The molecule has 2 N–H and O–H groups in total. The number of amides is 1. The van der Waals surface area contributed by atoms with Crippen LogP contribution in [0.2, 0.25) is 0 Å². The average Bonchev–Trinajstić information content (AvgIpc) is 2.57. The van der Waals surface area contributed by atoms with Gasteiger partial charge in [-0.15, -0.1) is 0 Å². The summed E-state index contributed by atoms with van der Waals surface area (Å²) in [7, 11) is -2.88. The van der Waals surface area contributed by atoms with Crippen LogP contribution in [0.25, 0.3) is 0 Å². The molecule has 2 aliphatic heterocycles. The van der Waals surface area contributed by atoms with Gasteiger partial charge in [0.2, 0.25) is 5.91 Å². The summed E-state index contributed by atoms with van der Waals surface area (Å²) in [5, 5.41) is 0. The third-order valence-corrected chi connectivity index (χ3v) is 7.69. The van der Waals surface area contributed by atoms with Crippen molar-refractivity contribution in [2.45, 2.75) is 33.2 Å². The van der Waals surface area contributed by atoms with Gasteiger partial charge in [-0.05, 0) is 43.0 Å². The summed E-state index contributed by atoms with van der Waals surface area (Å²) in [5.41, 5.74) is 7.71. The van der Waals surface area contributed by atoms with Crippen LogP contribution in [0.5, 0.6) is 0 Å². The Kier molecular flexibility index (Phi) is 4.94. The number of piperidine rings is 1. The lowest BCUT2D eigenvalue weighted by molar-refractivity contribution is -0.123. The van der Waals surface area contributed by atoms with Gasteiger partial charge < -0.3 is 15.5 Å². The molecule has 0 spiro atoms. The fourth-order valence-corrected chi connectivity index (χ4v) is 5.23. The molecule has 0 radical (unpaired) electrons. The first-order chi connectivity index (χ1) is 12.1. The highest BCUT2D eigenvalue weighted by atomic mass is 32.2. The number of anilines is 2. The van der Waals surface area contributed by atoms with E-state index in [0.717, 1.165) is 17.8 Å². The van der Waals surface area contributed by atoms with E-state index in [1.165, 1.54) is 0 Å². The van der Waals surface area contributed by atoms with Crippen molar-refractivity contribution >= 4 is 27.1 Å². The Labute approximate surface area is 156 Å². The summed E-state index contributed by atoms with van der Waals surface area (Å²) in [6, 6.07) is 8.51. The largest absolute Gasteiger partial charge is 0.369 e. The molecule has 1 aromatic rings. The van der Waals surface area contributed by atoms with Crippen LogP contribution >= 0.6 is 0 Å². The van der Waals surface area contributed by atoms with E-state index in [9.17, 15) is 13.2 Å². The lowest BCUT2D eigenvalue weighted by atomic mass is 9.72. The number of hydrogen-bond donors (Lipinski definition) is 1. The molecule has 7 heteroatoms. The van der Waals surface area contributed by atoms with E-state index in [4.69, 9.17) is 5.73 Å². The van der Waals surface area contributed by atoms with Crippen LogP contribution in [0.15, 0.2) is 24.3 Å². The highest BCUT2D eigenvalue weighted by Crippen LogP contribution is 2.40. The van der Waals surface area contributed by atoms with Crippen LogP contribution < -0.4 is 15.5 Å². The van der Waals surface area contributed by atoms with Crippen molar-refractivity contribution in [3.63, 3.8) is 0 Å². The highest BCUT2D eigenvalue weighted by Gasteiger charge is 2.41. The molecule has 0 aromatic heterocycles. The zero-order valence-electron chi connectivity index (χ0n) is 15.8. The van der Waals surface area contributed by atoms with E-state index in [1.807, 2.05) is 12.1 Å². The third kappa shape index (κ3) is 3.82. The first kappa shape index (κ1) is 19.0. The number of nitrogens with two attached hydrogens (primary N) is 1. The Balaban J connectivity index is 1.78. The Morgan fingerprint density at radius 3 is 2.19 bits per heavy atom. The van der Waals surface area contributed by atoms with Crippen molar-refractivity contribution in [2.75, 3.05) is 40.9 Å². The average molecular weight is 380 g/mol. The predicted octanol–water partition coefficient (Wildman–Crippen LogP) is 1.65. The molecule has 0 saturated carbocycles. The van der Waals surface area contributed by atoms with Gasteiger partial charge in [-0.25, -0.2) is 8.42 Å². The van der Waals surface area contributed by atoms with Gasteiger partial charge in [-0.2, -0.15) is 0 Å². The standard InChI is InChI=1S/C19H29N3O3S/c1-14-19(2,3)12-15(18(20)23)13-22(14)17-6-4-16(5-7-17)21-8-10-26(24,25)11-9-21/h4-7,14-15H,8-13H2,1-3H3,(H2,20,23)/t14-,15+/m0/s1. The first-order valence-corrected chi connectivity index (χ1v) is 11.0. The minimum absolute atomic E-state index is 0.00214. The van der Waals surface area contributed by atoms with Gasteiger partial charge in [-0.3, -0.25) is 4.79 Å². The van der Waals surface area contributed by atoms with Crippen molar-refractivity contribution in [3.8, 4) is 0 Å². The van der Waals surface area contributed by atoms with Crippen LogP contribution in [0, 0.1) is 11.3 Å². The molecule has 2 heterocycles. The predicted molar refractivity (Wildman–Crippen MR) is 105 cm³/mol. The van der Waals surface area contributed by atoms with Gasteiger partial charge in [0.15, 0.2) is 9.84 Å². The second-order valence-electron chi connectivity index (χ2n) is 8.28. The summed E-state index contributed by atoms with van der Waals surface area (Å²) in [4.78, 5) is 16.2. The number of carbonyl (C=O) groups excluding carboxylic acids is 1. The minimum Gasteiger partial charge on any atom is -0.369 e. The second kappa shape index (κ2) is 6.76. The fraction of sp³-hybridized carbons (Fsp3) is 0.632. The van der Waals surface area contributed by atoms with Crippen molar-refractivity contribution in [3.05, 3.63) is 24.3 Å². The Morgan fingerprint density at radius 1 is 1.12 bits per heavy atom. The van der Waals surface area contributed by atoms with Gasteiger partial charge in [0.25, 0.3) is 0 Å². The molecule has 3 rings (SSSR count). The van der Waals surface area contributed by atoms with E-state index < -0.39 is 9.84 Å². The van der Waals surface area contributed by atoms with Crippen molar-refractivity contribution in [1.29, 1.82) is 0 Å².